The second kappa shape index (κ2) is 4.98. The van der Waals surface area contributed by atoms with E-state index in [0.717, 1.165) is 30.2 Å². The van der Waals surface area contributed by atoms with Crippen molar-refractivity contribution in [3.63, 3.8) is 0 Å². The molecule has 20 heavy (non-hydrogen) atoms. The van der Waals surface area contributed by atoms with Gasteiger partial charge in [-0.05, 0) is 18.6 Å². The van der Waals surface area contributed by atoms with Gasteiger partial charge in [0.1, 0.15) is 17.5 Å². The number of aryl methyl sites for hydroxylation is 2. The molecule has 0 spiro atoms. The highest BCUT2D eigenvalue weighted by Gasteiger charge is 2.22. The molecule has 2 aromatic rings. The quantitative estimate of drug-likeness (QED) is 0.914. The lowest BCUT2D eigenvalue weighted by Crippen LogP contribution is -2.25. The second-order valence-corrected chi connectivity index (χ2v) is 5.09. The van der Waals surface area contributed by atoms with Crippen molar-refractivity contribution in [2.45, 2.75) is 33.2 Å². The number of hydrogen-bond donors (Lipinski definition) is 1. The Morgan fingerprint density at radius 2 is 2.10 bits per heavy atom. The Balaban J connectivity index is 2.23. The molecule has 0 aliphatic carbocycles. The van der Waals surface area contributed by atoms with Crippen molar-refractivity contribution in [3.05, 3.63) is 46.5 Å². The predicted octanol–water partition coefficient (Wildman–Crippen LogP) is 2.67. The first-order valence-corrected chi connectivity index (χ1v) is 6.88. The molecular formula is C15H17F2N3. The van der Waals surface area contributed by atoms with Gasteiger partial charge in [0.25, 0.3) is 0 Å². The summed E-state index contributed by atoms with van der Waals surface area (Å²) in [7, 11) is 0. The Kier molecular flexibility index (Phi) is 3.30. The molecule has 1 aliphatic heterocycles. The lowest BCUT2D eigenvalue weighted by molar-refractivity contribution is 0.576. The molecule has 1 N–H and O–H groups in total. The number of nitrogens with zero attached hydrogens (tertiary/aromatic N) is 2. The first kappa shape index (κ1) is 13.2. The van der Waals surface area contributed by atoms with Gasteiger partial charge < -0.3 is 5.32 Å². The number of imidazole rings is 1. The molecule has 1 aromatic heterocycles. The first-order valence-electron chi connectivity index (χ1n) is 6.88. The fourth-order valence-electron chi connectivity index (χ4n) is 2.70. The zero-order valence-corrected chi connectivity index (χ0v) is 11.6. The Morgan fingerprint density at radius 1 is 1.30 bits per heavy atom. The SMILES string of the molecule is CCc1nc2c(n1-c1cc(F)c(C)cc1F)CCNC2. The third-order valence-corrected chi connectivity index (χ3v) is 3.74. The molecule has 0 atom stereocenters. The van der Waals surface area contributed by atoms with Crippen LogP contribution in [0, 0.1) is 18.6 Å². The van der Waals surface area contributed by atoms with Gasteiger partial charge in [0, 0.05) is 37.7 Å². The van der Waals surface area contributed by atoms with E-state index in [1.165, 1.54) is 12.1 Å². The van der Waals surface area contributed by atoms with Crippen molar-refractivity contribution in [3.8, 4) is 5.69 Å². The van der Waals surface area contributed by atoms with Crippen molar-refractivity contribution >= 4 is 0 Å². The number of hydrogen-bond acceptors (Lipinski definition) is 2. The summed E-state index contributed by atoms with van der Waals surface area (Å²) in [5, 5.41) is 3.25. The molecule has 3 nitrogen and oxygen atoms in total. The van der Waals surface area contributed by atoms with Crippen LogP contribution in [-0.2, 0) is 19.4 Å². The van der Waals surface area contributed by atoms with E-state index in [2.05, 4.69) is 10.3 Å². The number of benzene rings is 1. The molecule has 5 heteroatoms. The van der Waals surface area contributed by atoms with E-state index in [9.17, 15) is 8.78 Å². The molecule has 2 heterocycles. The van der Waals surface area contributed by atoms with Crippen molar-refractivity contribution in [1.82, 2.24) is 14.9 Å². The second-order valence-electron chi connectivity index (χ2n) is 5.09. The zero-order valence-electron chi connectivity index (χ0n) is 11.6. The molecule has 106 valence electrons. The highest BCUT2D eigenvalue weighted by Crippen LogP contribution is 2.25. The summed E-state index contributed by atoms with van der Waals surface area (Å²) in [4.78, 5) is 4.55. The Morgan fingerprint density at radius 3 is 2.85 bits per heavy atom. The standard InChI is InChI=1S/C15H17F2N3/c1-3-15-19-12-8-18-5-4-13(12)20(15)14-7-10(16)9(2)6-11(14)17/h6-7,18H,3-5,8H2,1-2H3. The van der Waals surface area contributed by atoms with E-state index < -0.39 is 5.82 Å². The van der Waals surface area contributed by atoms with Crippen LogP contribution in [0.5, 0.6) is 0 Å². The summed E-state index contributed by atoms with van der Waals surface area (Å²) in [5.74, 6) is -0.0157. The maximum atomic E-state index is 14.2. The third-order valence-electron chi connectivity index (χ3n) is 3.74. The summed E-state index contributed by atoms with van der Waals surface area (Å²) in [6.45, 7) is 5.06. The van der Waals surface area contributed by atoms with Gasteiger partial charge in [-0.3, -0.25) is 4.57 Å². The Bertz CT molecular complexity index is 662. The summed E-state index contributed by atoms with van der Waals surface area (Å²) < 4.78 is 29.8. The number of halogens is 2. The third kappa shape index (κ3) is 2.02. The molecule has 0 saturated heterocycles. The largest absolute Gasteiger partial charge is 0.311 e. The maximum Gasteiger partial charge on any atom is 0.147 e. The molecule has 0 fully saturated rings. The van der Waals surface area contributed by atoms with Crippen LogP contribution in [0.15, 0.2) is 12.1 Å². The summed E-state index contributed by atoms with van der Waals surface area (Å²) in [5.41, 5.74) is 2.51. The van der Waals surface area contributed by atoms with E-state index in [-0.39, 0.29) is 11.5 Å². The topological polar surface area (TPSA) is 29.9 Å². The number of nitrogens with one attached hydrogen (secondary N) is 1. The van der Waals surface area contributed by atoms with Crippen LogP contribution >= 0.6 is 0 Å². The molecule has 0 radical (unpaired) electrons. The fourth-order valence-corrected chi connectivity index (χ4v) is 2.70. The molecule has 0 saturated carbocycles. The number of fused-ring (bicyclic) bond motifs is 1. The van der Waals surface area contributed by atoms with Crippen LogP contribution in [0.2, 0.25) is 0 Å². The van der Waals surface area contributed by atoms with Crippen LogP contribution < -0.4 is 5.32 Å². The van der Waals surface area contributed by atoms with Gasteiger partial charge in [0.05, 0.1) is 11.4 Å². The van der Waals surface area contributed by atoms with Crippen LogP contribution in [0.3, 0.4) is 0 Å². The molecule has 3 rings (SSSR count). The lowest BCUT2D eigenvalue weighted by atomic mass is 10.1. The van der Waals surface area contributed by atoms with E-state index in [1.54, 1.807) is 11.5 Å². The number of rotatable bonds is 2. The highest BCUT2D eigenvalue weighted by molar-refractivity contribution is 5.42. The molecule has 0 bridgehead atoms. The van der Waals surface area contributed by atoms with Gasteiger partial charge >= 0.3 is 0 Å². The van der Waals surface area contributed by atoms with Crippen LogP contribution in [0.4, 0.5) is 8.78 Å². The van der Waals surface area contributed by atoms with E-state index in [1.807, 2.05) is 6.92 Å². The summed E-state index contributed by atoms with van der Waals surface area (Å²) in [6.07, 6.45) is 1.46. The zero-order chi connectivity index (χ0) is 14.3. The maximum absolute atomic E-state index is 14.2. The predicted molar refractivity (Wildman–Crippen MR) is 73.0 cm³/mol. The van der Waals surface area contributed by atoms with Gasteiger partial charge in [0.2, 0.25) is 0 Å². The molecular weight excluding hydrogens is 260 g/mol. The van der Waals surface area contributed by atoms with E-state index >= 15 is 0 Å². The minimum Gasteiger partial charge on any atom is -0.311 e. The van der Waals surface area contributed by atoms with Gasteiger partial charge in [0.15, 0.2) is 0 Å². The Hall–Kier alpha value is -1.75. The summed E-state index contributed by atoms with van der Waals surface area (Å²) in [6, 6.07) is 2.52. The average Bonchev–Trinajstić information content (AvgIpc) is 2.81. The van der Waals surface area contributed by atoms with Crippen molar-refractivity contribution in [2.75, 3.05) is 6.54 Å². The average molecular weight is 277 g/mol. The van der Waals surface area contributed by atoms with Crippen LogP contribution in [0.1, 0.15) is 29.7 Å². The van der Waals surface area contributed by atoms with Crippen LogP contribution in [0.25, 0.3) is 5.69 Å². The molecule has 1 aromatic carbocycles. The highest BCUT2D eigenvalue weighted by atomic mass is 19.1. The fraction of sp³-hybridized carbons (Fsp3) is 0.400. The van der Waals surface area contributed by atoms with Crippen molar-refractivity contribution in [2.24, 2.45) is 0 Å². The monoisotopic (exact) mass is 277 g/mol. The molecule has 0 amide bonds. The van der Waals surface area contributed by atoms with E-state index in [0.29, 0.717) is 18.5 Å². The van der Waals surface area contributed by atoms with Crippen molar-refractivity contribution < 1.29 is 8.78 Å². The molecule has 1 aliphatic rings. The van der Waals surface area contributed by atoms with Gasteiger partial charge in [-0.1, -0.05) is 6.92 Å². The van der Waals surface area contributed by atoms with Crippen molar-refractivity contribution in [1.29, 1.82) is 0 Å². The lowest BCUT2D eigenvalue weighted by Gasteiger charge is -2.17. The normalized spacial score (nSPS) is 14.4. The van der Waals surface area contributed by atoms with Gasteiger partial charge in [-0.15, -0.1) is 0 Å². The molecule has 0 unspecified atom stereocenters. The summed E-state index contributed by atoms with van der Waals surface area (Å²) >= 11 is 0. The minimum atomic E-state index is -0.405. The number of aromatic nitrogens is 2. The smallest absolute Gasteiger partial charge is 0.147 e. The van der Waals surface area contributed by atoms with Gasteiger partial charge in [-0.25, -0.2) is 13.8 Å². The first-order chi connectivity index (χ1) is 9.61. The van der Waals surface area contributed by atoms with Crippen LogP contribution in [-0.4, -0.2) is 16.1 Å². The van der Waals surface area contributed by atoms with E-state index in [4.69, 9.17) is 0 Å². The Labute approximate surface area is 116 Å². The minimum absolute atomic E-state index is 0.264. The van der Waals surface area contributed by atoms with Gasteiger partial charge in [-0.2, -0.15) is 0 Å².